The smallest absolute Gasteiger partial charge is 0.221 e. The lowest BCUT2D eigenvalue weighted by Gasteiger charge is -2.23. The molecule has 6 heteroatoms. The van der Waals surface area contributed by atoms with Crippen molar-refractivity contribution in [3.63, 3.8) is 0 Å². The third kappa shape index (κ3) is 1.74. The van der Waals surface area contributed by atoms with Gasteiger partial charge in [0.15, 0.2) is 5.82 Å². The van der Waals surface area contributed by atoms with Crippen molar-refractivity contribution in [1.29, 1.82) is 0 Å². The molecule has 0 spiro atoms. The largest absolute Gasteiger partial charge is 0.354 e. The Morgan fingerprint density at radius 2 is 2.21 bits per heavy atom. The summed E-state index contributed by atoms with van der Waals surface area (Å²) in [4.78, 5) is 4.67. The summed E-state index contributed by atoms with van der Waals surface area (Å²) in [5.41, 5.74) is 1.22. The Bertz CT molecular complexity index is 594. The molecule has 1 N–H and O–H groups in total. The lowest BCUT2D eigenvalue weighted by atomic mass is 9.85. The fourth-order valence-electron chi connectivity index (χ4n) is 2.88. The van der Waals surface area contributed by atoms with Crippen LogP contribution < -0.4 is 5.32 Å². The third-order valence-corrected chi connectivity index (χ3v) is 4.22. The van der Waals surface area contributed by atoms with Gasteiger partial charge in [0.25, 0.3) is 0 Å². The zero-order chi connectivity index (χ0) is 12.8. The van der Waals surface area contributed by atoms with Gasteiger partial charge in [-0.15, -0.1) is 0 Å². The quantitative estimate of drug-likeness (QED) is 0.890. The van der Waals surface area contributed by atoms with Crippen LogP contribution in [0.4, 0.5) is 5.95 Å². The van der Waals surface area contributed by atoms with Crippen LogP contribution in [0, 0.1) is 0 Å². The molecule has 2 aromatic heterocycles. The van der Waals surface area contributed by atoms with Crippen LogP contribution in [0.5, 0.6) is 0 Å². The molecule has 6 nitrogen and oxygen atoms in total. The standard InChI is InChI=1S/C13H18N6/c1-18-8-10(7-15-18)11-5-6-14-13-16-12(17-19(11)13)9-3-2-4-9/h7-9,11H,2-6H2,1H3,(H,14,16,17). The highest BCUT2D eigenvalue weighted by molar-refractivity contribution is 5.32. The van der Waals surface area contributed by atoms with E-state index in [0.29, 0.717) is 5.92 Å². The van der Waals surface area contributed by atoms with Gasteiger partial charge < -0.3 is 5.32 Å². The van der Waals surface area contributed by atoms with Gasteiger partial charge in [-0.05, 0) is 19.3 Å². The molecule has 1 fully saturated rings. The average Bonchev–Trinajstić information content (AvgIpc) is 2.92. The highest BCUT2D eigenvalue weighted by Gasteiger charge is 2.29. The predicted octanol–water partition coefficient (Wildman–Crippen LogP) is 1.68. The lowest BCUT2D eigenvalue weighted by molar-refractivity contribution is 0.393. The zero-order valence-electron chi connectivity index (χ0n) is 11.1. The van der Waals surface area contributed by atoms with E-state index in [0.717, 1.165) is 24.7 Å². The summed E-state index contributed by atoms with van der Waals surface area (Å²) < 4.78 is 3.90. The molecule has 2 aromatic rings. The molecule has 19 heavy (non-hydrogen) atoms. The molecule has 0 amide bonds. The first-order valence-corrected chi connectivity index (χ1v) is 7.00. The van der Waals surface area contributed by atoms with E-state index in [4.69, 9.17) is 5.10 Å². The number of anilines is 1. The Balaban J connectivity index is 1.71. The van der Waals surface area contributed by atoms with Crippen LogP contribution >= 0.6 is 0 Å². The Morgan fingerprint density at radius 3 is 2.89 bits per heavy atom. The van der Waals surface area contributed by atoms with Crippen molar-refractivity contribution in [2.24, 2.45) is 7.05 Å². The van der Waals surface area contributed by atoms with E-state index in [1.165, 1.54) is 24.8 Å². The van der Waals surface area contributed by atoms with Gasteiger partial charge >= 0.3 is 0 Å². The van der Waals surface area contributed by atoms with Crippen LogP contribution in [0.15, 0.2) is 12.4 Å². The number of aryl methyl sites for hydroxylation is 1. The minimum absolute atomic E-state index is 0.270. The van der Waals surface area contributed by atoms with Gasteiger partial charge in [0.05, 0.1) is 12.2 Å². The van der Waals surface area contributed by atoms with E-state index in [1.807, 2.05) is 22.6 Å². The summed E-state index contributed by atoms with van der Waals surface area (Å²) >= 11 is 0. The van der Waals surface area contributed by atoms with Crippen LogP contribution in [-0.2, 0) is 7.05 Å². The van der Waals surface area contributed by atoms with Gasteiger partial charge in [-0.25, -0.2) is 4.68 Å². The Labute approximate surface area is 111 Å². The molecule has 1 saturated carbocycles. The van der Waals surface area contributed by atoms with E-state index in [-0.39, 0.29) is 6.04 Å². The van der Waals surface area contributed by atoms with E-state index >= 15 is 0 Å². The van der Waals surface area contributed by atoms with Crippen LogP contribution in [-0.4, -0.2) is 31.1 Å². The van der Waals surface area contributed by atoms with E-state index in [1.54, 1.807) is 0 Å². The molecule has 0 aromatic carbocycles. The average molecular weight is 258 g/mol. The van der Waals surface area contributed by atoms with Crippen molar-refractivity contribution >= 4 is 5.95 Å². The normalized spacial score (nSPS) is 22.7. The lowest BCUT2D eigenvalue weighted by Crippen LogP contribution is -2.24. The Morgan fingerprint density at radius 1 is 1.32 bits per heavy atom. The molecular weight excluding hydrogens is 240 g/mol. The van der Waals surface area contributed by atoms with E-state index < -0.39 is 0 Å². The van der Waals surface area contributed by atoms with Crippen molar-refractivity contribution in [2.75, 3.05) is 11.9 Å². The molecule has 0 saturated heterocycles. The Hall–Kier alpha value is -1.85. The number of nitrogens with zero attached hydrogens (tertiary/aromatic N) is 5. The number of rotatable bonds is 2. The fraction of sp³-hybridized carbons (Fsp3) is 0.615. The van der Waals surface area contributed by atoms with Gasteiger partial charge in [0.2, 0.25) is 5.95 Å². The molecule has 1 aliphatic heterocycles. The first-order chi connectivity index (χ1) is 9.31. The maximum atomic E-state index is 4.75. The summed E-state index contributed by atoms with van der Waals surface area (Å²) in [5, 5.41) is 12.4. The van der Waals surface area contributed by atoms with Crippen LogP contribution in [0.2, 0.25) is 0 Å². The zero-order valence-corrected chi connectivity index (χ0v) is 11.1. The maximum absolute atomic E-state index is 4.75. The van der Waals surface area contributed by atoms with Crippen molar-refractivity contribution in [2.45, 2.75) is 37.6 Å². The number of hydrogen-bond acceptors (Lipinski definition) is 4. The number of fused-ring (bicyclic) bond motifs is 1. The molecule has 100 valence electrons. The van der Waals surface area contributed by atoms with Crippen molar-refractivity contribution in [1.82, 2.24) is 24.5 Å². The van der Waals surface area contributed by atoms with Crippen LogP contribution in [0.25, 0.3) is 0 Å². The van der Waals surface area contributed by atoms with Crippen LogP contribution in [0.3, 0.4) is 0 Å². The minimum atomic E-state index is 0.270. The second-order valence-electron chi connectivity index (χ2n) is 5.54. The van der Waals surface area contributed by atoms with Crippen molar-refractivity contribution < 1.29 is 0 Å². The number of aromatic nitrogens is 5. The van der Waals surface area contributed by atoms with Gasteiger partial charge in [-0.3, -0.25) is 4.68 Å². The summed E-state index contributed by atoms with van der Waals surface area (Å²) in [7, 11) is 1.95. The Kier molecular flexibility index (Phi) is 2.36. The second kappa shape index (κ2) is 4.08. The monoisotopic (exact) mass is 258 g/mol. The van der Waals surface area contributed by atoms with Crippen molar-refractivity contribution in [3.05, 3.63) is 23.8 Å². The third-order valence-electron chi connectivity index (χ3n) is 4.22. The number of nitrogens with one attached hydrogen (secondary N) is 1. The summed E-state index contributed by atoms with van der Waals surface area (Å²) in [6, 6.07) is 0.270. The summed E-state index contributed by atoms with van der Waals surface area (Å²) in [6.07, 6.45) is 8.83. The molecule has 0 bridgehead atoms. The van der Waals surface area contributed by atoms with Crippen molar-refractivity contribution in [3.8, 4) is 0 Å². The first-order valence-electron chi connectivity index (χ1n) is 7.00. The van der Waals surface area contributed by atoms with Gasteiger partial charge in [-0.2, -0.15) is 15.2 Å². The highest BCUT2D eigenvalue weighted by atomic mass is 15.4. The molecule has 1 aliphatic carbocycles. The summed E-state index contributed by atoms with van der Waals surface area (Å²) in [6.45, 7) is 0.947. The second-order valence-corrected chi connectivity index (χ2v) is 5.54. The highest BCUT2D eigenvalue weighted by Crippen LogP contribution is 2.36. The molecule has 1 atom stereocenters. The molecular formula is C13H18N6. The van der Waals surface area contributed by atoms with Gasteiger partial charge in [0.1, 0.15) is 0 Å². The SMILES string of the molecule is Cn1cc(C2CCNc3nc(C4CCC4)nn32)cn1. The molecule has 0 radical (unpaired) electrons. The molecule has 1 unspecified atom stereocenters. The maximum Gasteiger partial charge on any atom is 0.221 e. The molecule has 2 aliphatic rings. The number of hydrogen-bond donors (Lipinski definition) is 1. The van der Waals surface area contributed by atoms with E-state index in [2.05, 4.69) is 21.6 Å². The fourth-order valence-corrected chi connectivity index (χ4v) is 2.88. The van der Waals surface area contributed by atoms with Gasteiger partial charge in [-0.1, -0.05) is 6.42 Å². The molecule has 3 heterocycles. The molecule has 4 rings (SSSR count). The van der Waals surface area contributed by atoms with E-state index in [9.17, 15) is 0 Å². The first kappa shape index (κ1) is 11.0. The van der Waals surface area contributed by atoms with Crippen LogP contribution in [0.1, 0.15) is 49.0 Å². The van der Waals surface area contributed by atoms with Gasteiger partial charge in [0, 0.05) is 31.3 Å². The minimum Gasteiger partial charge on any atom is -0.354 e. The topological polar surface area (TPSA) is 60.6 Å². The predicted molar refractivity (Wildman–Crippen MR) is 71.1 cm³/mol. The summed E-state index contributed by atoms with van der Waals surface area (Å²) in [5.74, 6) is 2.51.